The van der Waals surface area contributed by atoms with Crippen molar-refractivity contribution in [3.8, 4) is 5.75 Å². The SMILES string of the molecule is COc1ccc(C(=N)N)c(N2CCC(C)(C)CC2)c1. The summed E-state index contributed by atoms with van der Waals surface area (Å²) in [7, 11) is 1.66. The van der Waals surface area contributed by atoms with Gasteiger partial charge in [-0.3, -0.25) is 5.41 Å². The molecule has 1 aliphatic heterocycles. The molecule has 3 N–H and O–H groups in total. The fourth-order valence-electron chi connectivity index (χ4n) is 2.48. The number of nitrogens with zero attached hydrogens (tertiary/aromatic N) is 1. The molecule has 0 aliphatic carbocycles. The molecule has 1 heterocycles. The van der Waals surface area contributed by atoms with E-state index < -0.39 is 0 Å². The van der Waals surface area contributed by atoms with Gasteiger partial charge in [0, 0.05) is 24.7 Å². The molecule has 1 saturated heterocycles. The topological polar surface area (TPSA) is 62.3 Å². The van der Waals surface area contributed by atoms with E-state index in [-0.39, 0.29) is 5.84 Å². The van der Waals surface area contributed by atoms with Crippen molar-refractivity contribution >= 4 is 11.5 Å². The number of hydrogen-bond acceptors (Lipinski definition) is 3. The summed E-state index contributed by atoms with van der Waals surface area (Å²) in [5, 5.41) is 7.71. The minimum absolute atomic E-state index is 0.113. The van der Waals surface area contributed by atoms with E-state index in [9.17, 15) is 0 Å². The van der Waals surface area contributed by atoms with Crippen molar-refractivity contribution in [3.63, 3.8) is 0 Å². The first kappa shape index (κ1) is 13.7. The third-order valence-electron chi connectivity index (χ3n) is 3.95. The number of piperidine rings is 1. The number of benzene rings is 1. The molecule has 1 aliphatic rings. The van der Waals surface area contributed by atoms with Crippen LogP contribution in [0, 0.1) is 10.8 Å². The van der Waals surface area contributed by atoms with Gasteiger partial charge in [0.2, 0.25) is 0 Å². The fraction of sp³-hybridized carbons (Fsp3) is 0.533. The zero-order chi connectivity index (χ0) is 14.0. The molecule has 0 amide bonds. The van der Waals surface area contributed by atoms with Crippen LogP contribution in [0.15, 0.2) is 18.2 Å². The number of nitrogens with two attached hydrogens (primary N) is 1. The van der Waals surface area contributed by atoms with Gasteiger partial charge in [0.25, 0.3) is 0 Å². The van der Waals surface area contributed by atoms with Crippen LogP contribution in [0.5, 0.6) is 5.75 Å². The molecular formula is C15H23N3O. The highest BCUT2D eigenvalue weighted by molar-refractivity contribution is 6.00. The Morgan fingerprint density at radius 2 is 1.95 bits per heavy atom. The number of ether oxygens (including phenoxy) is 1. The van der Waals surface area contributed by atoms with Crippen molar-refractivity contribution in [1.29, 1.82) is 5.41 Å². The van der Waals surface area contributed by atoms with E-state index in [1.807, 2.05) is 18.2 Å². The van der Waals surface area contributed by atoms with Crippen molar-refractivity contribution in [2.24, 2.45) is 11.1 Å². The largest absolute Gasteiger partial charge is 0.497 e. The van der Waals surface area contributed by atoms with Gasteiger partial charge in [-0.2, -0.15) is 0 Å². The van der Waals surface area contributed by atoms with E-state index in [0.717, 1.165) is 42.9 Å². The zero-order valence-electron chi connectivity index (χ0n) is 12.0. The predicted octanol–water partition coefficient (Wildman–Crippen LogP) is 2.61. The van der Waals surface area contributed by atoms with Gasteiger partial charge in [-0.1, -0.05) is 13.8 Å². The summed E-state index contributed by atoms with van der Waals surface area (Å²) in [6.45, 7) is 6.62. The highest BCUT2D eigenvalue weighted by Gasteiger charge is 2.26. The number of anilines is 1. The number of methoxy groups -OCH3 is 1. The van der Waals surface area contributed by atoms with Gasteiger partial charge in [0.1, 0.15) is 11.6 Å². The van der Waals surface area contributed by atoms with E-state index in [1.54, 1.807) is 7.11 Å². The van der Waals surface area contributed by atoms with Crippen LogP contribution in [0.2, 0.25) is 0 Å². The van der Waals surface area contributed by atoms with E-state index in [1.165, 1.54) is 0 Å². The molecule has 0 radical (unpaired) electrons. The van der Waals surface area contributed by atoms with Crippen LogP contribution in [0.4, 0.5) is 5.69 Å². The second kappa shape index (κ2) is 5.11. The molecule has 0 bridgehead atoms. The summed E-state index contributed by atoms with van der Waals surface area (Å²) in [4.78, 5) is 2.31. The quantitative estimate of drug-likeness (QED) is 0.649. The molecule has 104 valence electrons. The maximum absolute atomic E-state index is 7.71. The van der Waals surface area contributed by atoms with E-state index in [0.29, 0.717) is 5.41 Å². The Morgan fingerprint density at radius 3 is 2.47 bits per heavy atom. The summed E-state index contributed by atoms with van der Waals surface area (Å²) in [6, 6.07) is 5.71. The van der Waals surface area contributed by atoms with E-state index in [4.69, 9.17) is 15.9 Å². The molecule has 1 aromatic rings. The number of hydrogen-bond donors (Lipinski definition) is 2. The van der Waals surface area contributed by atoms with Crippen LogP contribution in [0.25, 0.3) is 0 Å². The molecule has 0 aromatic heterocycles. The van der Waals surface area contributed by atoms with E-state index in [2.05, 4.69) is 18.7 Å². The maximum atomic E-state index is 7.71. The maximum Gasteiger partial charge on any atom is 0.124 e. The lowest BCUT2D eigenvalue weighted by atomic mass is 9.82. The van der Waals surface area contributed by atoms with Crippen molar-refractivity contribution in [2.45, 2.75) is 26.7 Å². The monoisotopic (exact) mass is 261 g/mol. The van der Waals surface area contributed by atoms with Gasteiger partial charge >= 0.3 is 0 Å². The van der Waals surface area contributed by atoms with Crippen LogP contribution in [0.1, 0.15) is 32.3 Å². The van der Waals surface area contributed by atoms with Crippen LogP contribution < -0.4 is 15.4 Å². The first-order chi connectivity index (χ1) is 8.93. The molecule has 0 saturated carbocycles. The van der Waals surface area contributed by atoms with Crippen LogP contribution in [-0.4, -0.2) is 26.0 Å². The molecule has 1 aromatic carbocycles. The Morgan fingerprint density at radius 1 is 1.32 bits per heavy atom. The summed E-state index contributed by atoms with van der Waals surface area (Å²) in [6.07, 6.45) is 2.31. The van der Waals surface area contributed by atoms with Gasteiger partial charge in [-0.25, -0.2) is 0 Å². The van der Waals surface area contributed by atoms with Crippen LogP contribution in [0.3, 0.4) is 0 Å². The highest BCUT2D eigenvalue weighted by atomic mass is 16.5. The molecule has 2 rings (SSSR count). The van der Waals surface area contributed by atoms with Crippen molar-refractivity contribution in [1.82, 2.24) is 0 Å². The first-order valence-electron chi connectivity index (χ1n) is 6.70. The molecule has 0 atom stereocenters. The highest BCUT2D eigenvalue weighted by Crippen LogP contribution is 2.34. The third kappa shape index (κ3) is 3.00. The summed E-state index contributed by atoms with van der Waals surface area (Å²) in [5.74, 6) is 0.923. The van der Waals surface area contributed by atoms with Gasteiger partial charge in [0.05, 0.1) is 12.8 Å². The molecule has 0 unspecified atom stereocenters. The number of rotatable bonds is 3. The summed E-state index contributed by atoms with van der Waals surface area (Å²) >= 11 is 0. The lowest BCUT2D eigenvalue weighted by molar-refractivity contribution is 0.279. The van der Waals surface area contributed by atoms with Gasteiger partial charge in [-0.15, -0.1) is 0 Å². The van der Waals surface area contributed by atoms with Crippen LogP contribution in [-0.2, 0) is 0 Å². The molecule has 1 fully saturated rings. The Labute approximate surface area is 115 Å². The third-order valence-corrected chi connectivity index (χ3v) is 3.95. The second-order valence-electron chi connectivity index (χ2n) is 5.95. The number of nitrogens with one attached hydrogen (secondary N) is 1. The molecule has 0 spiro atoms. The van der Waals surface area contributed by atoms with Crippen molar-refractivity contribution < 1.29 is 4.74 Å². The zero-order valence-corrected chi connectivity index (χ0v) is 12.0. The number of amidine groups is 1. The lowest BCUT2D eigenvalue weighted by Gasteiger charge is -2.39. The number of nitrogen functional groups attached to an aromatic ring is 1. The Bertz CT molecular complexity index is 472. The second-order valence-corrected chi connectivity index (χ2v) is 5.95. The van der Waals surface area contributed by atoms with Gasteiger partial charge in [0.15, 0.2) is 0 Å². The summed E-state index contributed by atoms with van der Waals surface area (Å²) < 4.78 is 5.28. The molecule has 19 heavy (non-hydrogen) atoms. The Kier molecular flexibility index (Phi) is 3.69. The first-order valence-corrected chi connectivity index (χ1v) is 6.70. The smallest absolute Gasteiger partial charge is 0.124 e. The van der Waals surface area contributed by atoms with Crippen molar-refractivity contribution in [2.75, 3.05) is 25.1 Å². The minimum atomic E-state index is 0.113. The average Bonchev–Trinajstić information content (AvgIpc) is 2.38. The normalized spacial score (nSPS) is 18.2. The predicted molar refractivity (Wildman–Crippen MR) is 79.2 cm³/mol. The van der Waals surface area contributed by atoms with Crippen LogP contribution >= 0.6 is 0 Å². The molecule has 4 nitrogen and oxygen atoms in total. The lowest BCUT2D eigenvalue weighted by Crippen LogP contribution is -2.38. The summed E-state index contributed by atoms with van der Waals surface area (Å²) in [5.41, 5.74) is 7.90. The van der Waals surface area contributed by atoms with Gasteiger partial charge < -0.3 is 15.4 Å². The fourth-order valence-corrected chi connectivity index (χ4v) is 2.48. The standard InChI is InChI=1S/C15H23N3O/c1-15(2)6-8-18(9-7-15)13-10-11(19-3)4-5-12(13)14(16)17/h4-5,10H,6-9H2,1-3H3,(H3,16,17). The van der Waals surface area contributed by atoms with E-state index >= 15 is 0 Å². The Hall–Kier alpha value is -1.71. The average molecular weight is 261 g/mol. The van der Waals surface area contributed by atoms with Crippen molar-refractivity contribution in [3.05, 3.63) is 23.8 Å². The molecule has 4 heteroatoms. The minimum Gasteiger partial charge on any atom is -0.497 e. The molecular weight excluding hydrogens is 238 g/mol. The van der Waals surface area contributed by atoms with Gasteiger partial charge in [-0.05, 0) is 30.4 Å². The Balaban J connectivity index is 2.30.